The van der Waals surface area contributed by atoms with Gasteiger partial charge in [-0.15, -0.1) is 0 Å². The summed E-state index contributed by atoms with van der Waals surface area (Å²) in [4.78, 5) is 14.2. The van der Waals surface area contributed by atoms with Crippen molar-refractivity contribution < 1.29 is 18.3 Å². The van der Waals surface area contributed by atoms with Crippen molar-refractivity contribution in [1.82, 2.24) is 4.90 Å². The van der Waals surface area contributed by atoms with Crippen molar-refractivity contribution >= 4 is 6.09 Å². The molecule has 2 heterocycles. The number of halogens is 2. The lowest BCUT2D eigenvalue weighted by Crippen LogP contribution is -2.45. The number of fused-ring (bicyclic) bond motifs is 2. The van der Waals surface area contributed by atoms with Gasteiger partial charge in [0.15, 0.2) is 11.6 Å². The van der Waals surface area contributed by atoms with E-state index < -0.39 is 17.2 Å². The third-order valence-electron chi connectivity index (χ3n) is 4.49. The molecular weight excluding hydrogens is 312 g/mol. The van der Waals surface area contributed by atoms with Crippen LogP contribution in [0.15, 0.2) is 29.8 Å². The number of nitrogens with zero attached hydrogens (tertiary/aromatic N) is 1. The molecule has 2 aliphatic rings. The van der Waals surface area contributed by atoms with Gasteiger partial charge in [0, 0.05) is 6.04 Å². The fraction of sp³-hybridized carbons (Fsp3) is 0.526. The van der Waals surface area contributed by atoms with E-state index in [2.05, 4.69) is 6.08 Å². The molecule has 3 rings (SSSR count). The van der Waals surface area contributed by atoms with Gasteiger partial charge >= 0.3 is 6.09 Å². The molecule has 0 spiro atoms. The number of carbonyl (C=O) groups excluding carboxylic acids is 1. The Labute approximate surface area is 141 Å². The van der Waals surface area contributed by atoms with Gasteiger partial charge in [0.05, 0.1) is 6.04 Å². The zero-order chi connectivity index (χ0) is 17.5. The molecule has 0 aliphatic carbocycles. The van der Waals surface area contributed by atoms with Crippen LogP contribution >= 0.6 is 0 Å². The summed E-state index contributed by atoms with van der Waals surface area (Å²) < 4.78 is 31.9. The highest BCUT2D eigenvalue weighted by molar-refractivity contribution is 5.70. The molecule has 2 aliphatic heterocycles. The monoisotopic (exact) mass is 335 g/mol. The van der Waals surface area contributed by atoms with Crippen LogP contribution in [0.4, 0.5) is 13.6 Å². The molecule has 0 aromatic heterocycles. The first-order valence-electron chi connectivity index (χ1n) is 8.38. The van der Waals surface area contributed by atoms with Crippen LogP contribution in [0.3, 0.4) is 0 Å². The Balaban J connectivity index is 1.72. The van der Waals surface area contributed by atoms with Crippen molar-refractivity contribution in [2.75, 3.05) is 0 Å². The molecule has 1 aromatic rings. The molecule has 2 unspecified atom stereocenters. The number of ether oxygens (including phenoxy) is 1. The van der Waals surface area contributed by atoms with Gasteiger partial charge in [-0.05, 0) is 64.2 Å². The quantitative estimate of drug-likeness (QED) is 0.739. The lowest BCUT2D eigenvalue weighted by atomic mass is 9.95. The zero-order valence-electron chi connectivity index (χ0n) is 14.3. The van der Waals surface area contributed by atoms with Gasteiger partial charge in [-0.1, -0.05) is 17.7 Å². The normalized spacial score (nSPS) is 23.2. The highest BCUT2D eigenvalue weighted by Crippen LogP contribution is 2.37. The molecule has 24 heavy (non-hydrogen) atoms. The topological polar surface area (TPSA) is 29.5 Å². The summed E-state index contributed by atoms with van der Waals surface area (Å²) in [6, 6.07) is 4.20. The summed E-state index contributed by atoms with van der Waals surface area (Å²) in [7, 11) is 0. The summed E-state index contributed by atoms with van der Waals surface area (Å²) in [6.07, 6.45) is 5.04. The Morgan fingerprint density at radius 1 is 1.25 bits per heavy atom. The van der Waals surface area contributed by atoms with Gasteiger partial charge in [0.1, 0.15) is 5.60 Å². The highest BCUT2D eigenvalue weighted by Gasteiger charge is 2.41. The molecule has 1 saturated heterocycles. The van der Waals surface area contributed by atoms with E-state index >= 15 is 0 Å². The molecule has 0 radical (unpaired) electrons. The first-order valence-corrected chi connectivity index (χ1v) is 8.38. The molecule has 3 nitrogen and oxygen atoms in total. The molecule has 2 atom stereocenters. The van der Waals surface area contributed by atoms with E-state index in [4.69, 9.17) is 4.74 Å². The third kappa shape index (κ3) is 3.60. The van der Waals surface area contributed by atoms with E-state index in [9.17, 15) is 13.6 Å². The van der Waals surface area contributed by atoms with Gasteiger partial charge < -0.3 is 4.74 Å². The summed E-state index contributed by atoms with van der Waals surface area (Å²) in [6.45, 7) is 5.59. The SMILES string of the molecule is CC(C)(C)OC(=O)N1C2C=C(Cc3ccc(F)c(F)c3)CC1CC2. The van der Waals surface area contributed by atoms with Crippen LogP contribution in [0.1, 0.15) is 45.6 Å². The van der Waals surface area contributed by atoms with Crippen molar-refractivity contribution in [2.45, 2.75) is 64.1 Å². The van der Waals surface area contributed by atoms with E-state index in [0.717, 1.165) is 30.9 Å². The maximum Gasteiger partial charge on any atom is 0.411 e. The Hall–Kier alpha value is -1.91. The molecule has 1 aromatic carbocycles. The van der Waals surface area contributed by atoms with Crippen molar-refractivity contribution in [3.05, 3.63) is 47.0 Å². The molecular formula is C19H23F2NO2. The highest BCUT2D eigenvalue weighted by atomic mass is 19.2. The smallest absolute Gasteiger partial charge is 0.411 e. The van der Waals surface area contributed by atoms with Crippen molar-refractivity contribution in [3.8, 4) is 0 Å². The van der Waals surface area contributed by atoms with Crippen LogP contribution in [0.5, 0.6) is 0 Å². The lowest BCUT2D eigenvalue weighted by Gasteiger charge is -2.35. The number of rotatable bonds is 2. The molecule has 0 saturated carbocycles. The zero-order valence-corrected chi connectivity index (χ0v) is 14.3. The minimum absolute atomic E-state index is 0.0406. The van der Waals surface area contributed by atoms with Gasteiger partial charge in [0.2, 0.25) is 0 Å². The minimum atomic E-state index is -0.826. The van der Waals surface area contributed by atoms with E-state index in [1.54, 1.807) is 6.07 Å². The van der Waals surface area contributed by atoms with Crippen LogP contribution in [0.25, 0.3) is 0 Å². The Bertz CT molecular complexity index is 678. The lowest BCUT2D eigenvalue weighted by molar-refractivity contribution is 0.0166. The van der Waals surface area contributed by atoms with Crippen molar-refractivity contribution in [1.29, 1.82) is 0 Å². The summed E-state index contributed by atoms with van der Waals surface area (Å²) in [5.74, 6) is -1.64. The summed E-state index contributed by atoms with van der Waals surface area (Å²) in [5, 5.41) is 0. The van der Waals surface area contributed by atoms with Crippen molar-refractivity contribution in [3.63, 3.8) is 0 Å². The maximum atomic E-state index is 13.4. The fourth-order valence-electron chi connectivity index (χ4n) is 3.56. The van der Waals surface area contributed by atoms with Crippen LogP contribution in [0, 0.1) is 11.6 Å². The average molecular weight is 335 g/mol. The predicted octanol–water partition coefficient (Wildman–Crippen LogP) is 4.61. The number of benzene rings is 1. The standard InChI is InChI=1S/C19H23F2NO2/c1-19(2,3)24-18(23)22-14-5-6-15(22)10-13(9-14)8-12-4-7-16(20)17(21)11-12/h4,7,9,11,14-15H,5-6,8,10H2,1-3H3. The van der Waals surface area contributed by atoms with Gasteiger partial charge in [-0.2, -0.15) is 0 Å². The summed E-state index contributed by atoms with van der Waals surface area (Å²) in [5.41, 5.74) is 1.42. The molecule has 1 fully saturated rings. The molecule has 5 heteroatoms. The molecule has 0 N–H and O–H groups in total. The molecule has 1 amide bonds. The number of amides is 1. The Morgan fingerprint density at radius 3 is 2.62 bits per heavy atom. The second-order valence-electron chi connectivity index (χ2n) is 7.64. The van der Waals surface area contributed by atoms with E-state index in [-0.39, 0.29) is 18.2 Å². The maximum absolute atomic E-state index is 13.4. The van der Waals surface area contributed by atoms with Crippen LogP contribution in [0.2, 0.25) is 0 Å². The van der Waals surface area contributed by atoms with Gasteiger partial charge in [-0.25, -0.2) is 13.6 Å². The van der Waals surface area contributed by atoms with E-state index in [1.807, 2.05) is 25.7 Å². The number of hydrogen-bond acceptors (Lipinski definition) is 2. The first-order chi connectivity index (χ1) is 11.2. The Morgan fingerprint density at radius 2 is 2.00 bits per heavy atom. The number of carbonyl (C=O) groups is 1. The van der Waals surface area contributed by atoms with Crippen molar-refractivity contribution in [2.24, 2.45) is 0 Å². The largest absolute Gasteiger partial charge is 0.444 e. The average Bonchev–Trinajstić information content (AvgIpc) is 2.73. The minimum Gasteiger partial charge on any atom is -0.444 e. The second kappa shape index (κ2) is 6.19. The second-order valence-corrected chi connectivity index (χ2v) is 7.64. The van der Waals surface area contributed by atoms with Crippen LogP contribution in [-0.2, 0) is 11.2 Å². The van der Waals surface area contributed by atoms with Gasteiger partial charge in [-0.3, -0.25) is 4.90 Å². The molecule has 130 valence electrons. The predicted molar refractivity (Wildman–Crippen MR) is 87.6 cm³/mol. The van der Waals surface area contributed by atoms with Crippen LogP contribution in [-0.4, -0.2) is 28.7 Å². The number of hydrogen-bond donors (Lipinski definition) is 0. The Kier molecular flexibility index (Phi) is 4.37. The van der Waals surface area contributed by atoms with E-state index in [0.29, 0.717) is 6.42 Å². The van der Waals surface area contributed by atoms with Gasteiger partial charge in [0.25, 0.3) is 0 Å². The first kappa shape index (κ1) is 16.9. The third-order valence-corrected chi connectivity index (χ3v) is 4.49. The summed E-state index contributed by atoms with van der Waals surface area (Å²) >= 11 is 0. The molecule has 2 bridgehead atoms. The fourth-order valence-corrected chi connectivity index (χ4v) is 3.56. The van der Waals surface area contributed by atoms with E-state index in [1.165, 1.54) is 11.6 Å². The van der Waals surface area contributed by atoms with Crippen LogP contribution < -0.4 is 0 Å².